The van der Waals surface area contributed by atoms with Crippen LogP contribution in [0.2, 0.25) is 0 Å². The van der Waals surface area contributed by atoms with Crippen LogP contribution in [0.1, 0.15) is 6.92 Å². The number of aliphatic hydroxyl groups is 1. The van der Waals surface area contributed by atoms with Gasteiger partial charge in [-0.15, -0.1) is 23.2 Å². The zero-order chi connectivity index (χ0) is 6.57. The van der Waals surface area contributed by atoms with E-state index in [0.29, 0.717) is 0 Å². The van der Waals surface area contributed by atoms with Gasteiger partial charge in [0, 0.05) is 0 Å². The van der Waals surface area contributed by atoms with Crippen LogP contribution < -0.4 is 0 Å². The highest BCUT2D eigenvalue weighted by molar-refractivity contribution is 6.44. The standard InChI is InChI=1S/C4H8Cl2O2/c1-3(7)8-2-4(5)6/h3-4,7H,2H2,1H3. The predicted octanol–water partition coefficient (Wildman–Crippen LogP) is 1.15. The van der Waals surface area contributed by atoms with Gasteiger partial charge in [0.25, 0.3) is 0 Å². The van der Waals surface area contributed by atoms with Crippen molar-refractivity contribution in [1.82, 2.24) is 0 Å². The van der Waals surface area contributed by atoms with Crippen molar-refractivity contribution >= 4 is 23.2 Å². The number of hydrogen-bond donors (Lipinski definition) is 1. The number of rotatable bonds is 3. The molecule has 0 aliphatic heterocycles. The monoisotopic (exact) mass is 158 g/mol. The van der Waals surface area contributed by atoms with Crippen LogP contribution in [0.4, 0.5) is 0 Å². The second kappa shape index (κ2) is 4.39. The second-order valence-electron chi connectivity index (χ2n) is 1.32. The van der Waals surface area contributed by atoms with Gasteiger partial charge in [-0.2, -0.15) is 0 Å². The minimum absolute atomic E-state index is 0.167. The van der Waals surface area contributed by atoms with Crippen molar-refractivity contribution in [2.45, 2.75) is 18.1 Å². The van der Waals surface area contributed by atoms with Gasteiger partial charge in [0.2, 0.25) is 0 Å². The van der Waals surface area contributed by atoms with Gasteiger partial charge in [-0.3, -0.25) is 0 Å². The first kappa shape index (κ1) is 8.50. The molecule has 8 heavy (non-hydrogen) atoms. The minimum atomic E-state index is -0.782. The molecule has 0 heterocycles. The van der Waals surface area contributed by atoms with Gasteiger partial charge in [-0.05, 0) is 6.92 Å². The molecule has 0 radical (unpaired) electrons. The summed E-state index contributed by atoms with van der Waals surface area (Å²) in [5, 5.41) is 8.46. The van der Waals surface area contributed by atoms with E-state index in [1.165, 1.54) is 6.92 Å². The molecule has 0 amide bonds. The lowest BCUT2D eigenvalue weighted by molar-refractivity contribution is -0.0812. The molecule has 0 aliphatic carbocycles. The molecule has 0 saturated carbocycles. The van der Waals surface area contributed by atoms with Crippen LogP contribution >= 0.6 is 23.2 Å². The molecule has 1 unspecified atom stereocenters. The Balaban J connectivity index is 2.93. The van der Waals surface area contributed by atoms with Gasteiger partial charge in [-0.25, -0.2) is 0 Å². The molecule has 50 valence electrons. The number of alkyl halides is 2. The molecule has 1 N–H and O–H groups in total. The van der Waals surface area contributed by atoms with E-state index in [1.807, 2.05) is 0 Å². The van der Waals surface area contributed by atoms with Gasteiger partial charge >= 0.3 is 0 Å². The molecule has 2 nitrogen and oxygen atoms in total. The maximum Gasteiger partial charge on any atom is 0.151 e. The zero-order valence-corrected chi connectivity index (χ0v) is 5.99. The lowest BCUT2D eigenvalue weighted by Crippen LogP contribution is -2.11. The summed E-state index contributed by atoms with van der Waals surface area (Å²) in [6.45, 7) is 1.66. The zero-order valence-electron chi connectivity index (χ0n) is 4.47. The Morgan fingerprint density at radius 1 is 1.62 bits per heavy atom. The van der Waals surface area contributed by atoms with E-state index >= 15 is 0 Å². The molecule has 0 aromatic carbocycles. The fourth-order valence-corrected chi connectivity index (χ4v) is 0.357. The van der Waals surface area contributed by atoms with E-state index in [1.54, 1.807) is 0 Å². The summed E-state index contributed by atoms with van der Waals surface area (Å²) >= 11 is 10.5. The third-order valence-electron chi connectivity index (χ3n) is 0.463. The summed E-state index contributed by atoms with van der Waals surface area (Å²) in [6, 6.07) is 0. The third kappa shape index (κ3) is 6.50. The average molecular weight is 159 g/mol. The Bertz CT molecular complexity index is 48.0. The van der Waals surface area contributed by atoms with E-state index in [4.69, 9.17) is 28.3 Å². The highest BCUT2D eigenvalue weighted by atomic mass is 35.5. The van der Waals surface area contributed by atoms with E-state index in [2.05, 4.69) is 4.74 Å². The van der Waals surface area contributed by atoms with Crippen LogP contribution in [0.5, 0.6) is 0 Å². The Morgan fingerprint density at radius 2 is 2.12 bits per heavy atom. The Labute approximate surface area is 58.3 Å². The van der Waals surface area contributed by atoms with Gasteiger partial charge in [-0.1, -0.05) is 0 Å². The average Bonchev–Trinajstić information content (AvgIpc) is 1.61. The van der Waals surface area contributed by atoms with Crippen molar-refractivity contribution in [3.05, 3.63) is 0 Å². The van der Waals surface area contributed by atoms with Crippen molar-refractivity contribution in [3.8, 4) is 0 Å². The van der Waals surface area contributed by atoms with Crippen LogP contribution in [0.25, 0.3) is 0 Å². The summed E-state index contributed by atoms with van der Waals surface area (Å²) in [6.07, 6.45) is -0.782. The highest BCUT2D eigenvalue weighted by Crippen LogP contribution is 2.01. The summed E-state index contributed by atoms with van der Waals surface area (Å²) in [4.78, 5) is -0.551. The molecular weight excluding hydrogens is 151 g/mol. The first-order valence-corrected chi connectivity index (χ1v) is 3.08. The minimum Gasteiger partial charge on any atom is -0.368 e. The van der Waals surface area contributed by atoms with E-state index < -0.39 is 11.1 Å². The van der Waals surface area contributed by atoms with Crippen LogP contribution in [-0.4, -0.2) is 22.8 Å². The normalized spacial score (nSPS) is 14.6. The quantitative estimate of drug-likeness (QED) is 0.494. The third-order valence-corrected chi connectivity index (χ3v) is 0.715. The predicted molar refractivity (Wildman–Crippen MR) is 33.1 cm³/mol. The Hall–Kier alpha value is 0.500. The second-order valence-corrected chi connectivity index (χ2v) is 2.60. The summed E-state index contributed by atoms with van der Waals surface area (Å²) in [5.41, 5.74) is 0. The highest BCUT2D eigenvalue weighted by Gasteiger charge is 1.99. The van der Waals surface area contributed by atoms with Crippen LogP contribution in [0.15, 0.2) is 0 Å². The number of halogens is 2. The summed E-state index contributed by atoms with van der Waals surface area (Å²) in [5.74, 6) is 0. The number of aliphatic hydroxyl groups excluding tert-OH is 1. The van der Waals surface area contributed by atoms with Crippen LogP contribution in [0, 0.1) is 0 Å². The molecule has 0 aromatic rings. The lowest BCUT2D eigenvalue weighted by atomic mass is 10.7. The largest absolute Gasteiger partial charge is 0.368 e. The first-order valence-electron chi connectivity index (χ1n) is 2.20. The van der Waals surface area contributed by atoms with E-state index in [0.717, 1.165) is 0 Å². The molecule has 0 spiro atoms. The number of hydrogen-bond acceptors (Lipinski definition) is 2. The van der Waals surface area contributed by atoms with Gasteiger partial charge in [0.15, 0.2) is 6.29 Å². The van der Waals surface area contributed by atoms with Gasteiger partial charge in [0.1, 0.15) is 4.84 Å². The molecule has 0 aliphatic rings. The van der Waals surface area contributed by atoms with Crippen molar-refractivity contribution in [3.63, 3.8) is 0 Å². The van der Waals surface area contributed by atoms with Gasteiger partial charge < -0.3 is 9.84 Å². The molecule has 1 atom stereocenters. The molecule has 0 rings (SSSR count). The molecule has 0 fully saturated rings. The smallest absolute Gasteiger partial charge is 0.151 e. The van der Waals surface area contributed by atoms with Gasteiger partial charge in [0.05, 0.1) is 6.61 Å². The van der Waals surface area contributed by atoms with E-state index in [-0.39, 0.29) is 6.61 Å². The Morgan fingerprint density at radius 3 is 2.25 bits per heavy atom. The maximum atomic E-state index is 8.46. The summed E-state index contributed by atoms with van der Waals surface area (Å²) < 4.78 is 4.59. The van der Waals surface area contributed by atoms with Crippen molar-refractivity contribution in [1.29, 1.82) is 0 Å². The summed E-state index contributed by atoms with van der Waals surface area (Å²) in [7, 11) is 0. The molecule has 0 aromatic heterocycles. The molecule has 0 bridgehead atoms. The van der Waals surface area contributed by atoms with Crippen molar-refractivity contribution < 1.29 is 9.84 Å². The molecule has 0 saturated heterocycles. The molecule has 4 heteroatoms. The maximum absolute atomic E-state index is 8.46. The van der Waals surface area contributed by atoms with Crippen molar-refractivity contribution in [2.24, 2.45) is 0 Å². The fourth-order valence-electron chi connectivity index (χ4n) is 0.212. The Kier molecular flexibility index (Phi) is 4.66. The fraction of sp³-hybridized carbons (Fsp3) is 1.00. The molecular formula is C4H8Cl2O2. The first-order chi connectivity index (χ1) is 3.63. The number of ether oxygens (including phenoxy) is 1. The topological polar surface area (TPSA) is 29.5 Å². The van der Waals surface area contributed by atoms with Crippen molar-refractivity contribution in [2.75, 3.05) is 6.61 Å². The SMILES string of the molecule is CC(O)OCC(Cl)Cl. The lowest BCUT2D eigenvalue weighted by Gasteiger charge is -2.05. The van der Waals surface area contributed by atoms with Crippen LogP contribution in [0.3, 0.4) is 0 Å². The van der Waals surface area contributed by atoms with Crippen LogP contribution in [-0.2, 0) is 4.74 Å². The van der Waals surface area contributed by atoms with E-state index in [9.17, 15) is 0 Å².